The normalized spacial score (nSPS) is 10.6. The molecule has 0 aliphatic heterocycles. The maximum Gasteiger partial charge on any atom is 0.146 e. The third-order valence-electron chi connectivity index (χ3n) is 2.63. The van der Waals surface area contributed by atoms with Gasteiger partial charge in [-0.25, -0.2) is 4.39 Å². The van der Waals surface area contributed by atoms with E-state index < -0.39 is 0 Å². The number of nitrogens with one attached hydrogen (secondary N) is 1. The first-order chi connectivity index (χ1) is 8.70. The standard InChI is InChI=1S/C13H15ClFN3/c1-2-7-18-11(5-6-17-18)9-16-13-8-10(14)3-4-12(13)15/h3-6,8,16H,2,7,9H2,1H3. The second kappa shape index (κ2) is 5.87. The molecule has 0 aliphatic rings. The van der Waals surface area contributed by atoms with E-state index in [9.17, 15) is 4.39 Å². The van der Waals surface area contributed by atoms with E-state index in [1.54, 1.807) is 12.3 Å². The van der Waals surface area contributed by atoms with Gasteiger partial charge in [0, 0.05) is 17.8 Å². The molecule has 3 nitrogen and oxygen atoms in total. The van der Waals surface area contributed by atoms with Crippen molar-refractivity contribution in [2.24, 2.45) is 0 Å². The summed E-state index contributed by atoms with van der Waals surface area (Å²) in [6, 6.07) is 6.39. The Morgan fingerprint density at radius 2 is 2.22 bits per heavy atom. The Labute approximate surface area is 111 Å². The minimum absolute atomic E-state index is 0.305. The largest absolute Gasteiger partial charge is 0.377 e. The van der Waals surface area contributed by atoms with Crippen molar-refractivity contribution in [3.05, 3.63) is 47.0 Å². The average Bonchev–Trinajstić information content (AvgIpc) is 2.78. The predicted octanol–water partition coefficient (Wildman–Crippen LogP) is 3.70. The summed E-state index contributed by atoms with van der Waals surface area (Å²) in [5, 5.41) is 7.76. The molecule has 0 radical (unpaired) electrons. The summed E-state index contributed by atoms with van der Waals surface area (Å²) in [5.41, 5.74) is 1.43. The fourth-order valence-corrected chi connectivity index (χ4v) is 1.91. The molecule has 0 aliphatic carbocycles. The Kier molecular flexibility index (Phi) is 4.20. The van der Waals surface area contributed by atoms with Gasteiger partial charge in [-0.3, -0.25) is 4.68 Å². The second-order valence-electron chi connectivity index (χ2n) is 4.02. The van der Waals surface area contributed by atoms with Crippen LogP contribution in [0, 0.1) is 5.82 Å². The molecule has 0 saturated carbocycles. The Hall–Kier alpha value is -1.55. The number of benzene rings is 1. The summed E-state index contributed by atoms with van der Waals surface area (Å²) >= 11 is 5.83. The van der Waals surface area contributed by atoms with Gasteiger partial charge in [0.1, 0.15) is 5.82 Å². The maximum absolute atomic E-state index is 13.5. The monoisotopic (exact) mass is 267 g/mol. The molecule has 96 valence electrons. The van der Waals surface area contributed by atoms with E-state index in [0.717, 1.165) is 18.7 Å². The molecule has 0 fully saturated rings. The summed E-state index contributed by atoms with van der Waals surface area (Å²) in [6.45, 7) is 3.48. The molecule has 1 aromatic carbocycles. The molecule has 0 amide bonds. The van der Waals surface area contributed by atoms with E-state index in [2.05, 4.69) is 17.3 Å². The molecule has 0 atom stereocenters. The summed E-state index contributed by atoms with van der Waals surface area (Å²) in [6.07, 6.45) is 2.77. The van der Waals surface area contributed by atoms with Crippen LogP contribution in [0.5, 0.6) is 0 Å². The molecule has 2 aromatic rings. The molecule has 1 heterocycles. The van der Waals surface area contributed by atoms with Crippen molar-refractivity contribution in [2.75, 3.05) is 5.32 Å². The first-order valence-corrected chi connectivity index (χ1v) is 6.28. The van der Waals surface area contributed by atoms with Gasteiger partial charge in [-0.15, -0.1) is 0 Å². The highest BCUT2D eigenvalue weighted by atomic mass is 35.5. The van der Waals surface area contributed by atoms with Crippen LogP contribution in [0.4, 0.5) is 10.1 Å². The molecule has 0 unspecified atom stereocenters. The van der Waals surface area contributed by atoms with Crippen LogP contribution in [0.25, 0.3) is 0 Å². The minimum Gasteiger partial charge on any atom is -0.377 e. The molecular weight excluding hydrogens is 253 g/mol. The first kappa shape index (κ1) is 12.9. The highest BCUT2D eigenvalue weighted by Crippen LogP contribution is 2.20. The van der Waals surface area contributed by atoms with Crippen LogP contribution in [0.15, 0.2) is 30.5 Å². The van der Waals surface area contributed by atoms with Gasteiger partial charge in [0.05, 0.1) is 17.9 Å². The fraction of sp³-hybridized carbons (Fsp3) is 0.308. The van der Waals surface area contributed by atoms with Gasteiger partial charge in [-0.05, 0) is 30.7 Å². The molecule has 0 spiro atoms. The van der Waals surface area contributed by atoms with Gasteiger partial charge in [-0.2, -0.15) is 5.10 Å². The predicted molar refractivity (Wildman–Crippen MR) is 71.3 cm³/mol. The summed E-state index contributed by atoms with van der Waals surface area (Å²) < 4.78 is 15.4. The number of halogens is 2. The lowest BCUT2D eigenvalue weighted by atomic mass is 10.3. The molecule has 0 saturated heterocycles. The summed E-state index contributed by atoms with van der Waals surface area (Å²) in [7, 11) is 0. The van der Waals surface area contributed by atoms with E-state index in [0.29, 0.717) is 17.3 Å². The third kappa shape index (κ3) is 3.01. The van der Waals surface area contributed by atoms with Gasteiger partial charge in [0.15, 0.2) is 0 Å². The van der Waals surface area contributed by atoms with Gasteiger partial charge < -0.3 is 5.32 Å². The topological polar surface area (TPSA) is 29.9 Å². The van der Waals surface area contributed by atoms with Crippen LogP contribution >= 0.6 is 11.6 Å². The maximum atomic E-state index is 13.5. The Morgan fingerprint density at radius 1 is 1.39 bits per heavy atom. The number of anilines is 1. The van der Waals surface area contributed by atoms with Crippen LogP contribution in [-0.4, -0.2) is 9.78 Å². The van der Waals surface area contributed by atoms with Crippen LogP contribution in [-0.2, 0) is 13.1 Å². The third-order valence-corrected chi connectivity index (χ3v) is 2.86. The van der Waals surface area contributed by atoms with Crippen LogP contribution < -0.4 is 5.32 Å². The van der Waals surface area contributed by atoms with Crippen LogP contribution in [0.2, 0.25) is 5.02 Å². The average molecular weight is 268 g/mol. The summed E-state index contributed by atoms with van der Waals surface area (Å²) in [4.78, 5) is 0. The highest BCUT2D eigenvalue weighted by Gasteiger charge is 2.05. The summed E-state index contributed by atoms with van der Waals surface area (Å²) in [5.74, 6) is -0.305. The van der Waals surface area contributed by atoms with E-state index in [4.69, 9.17) is 11.6 Å². The van der Waals surface area contributed by atoms with Gasteiger partial charge >= 0.3 is 0 Å². The Morgan fingerprint density at radius 3 is 3.00 bits per heavy atom. The van der Waals surface area contributed by atoms with Crippen molar-refractivity contribution in [3.63, 3.8) is 0 Å². The van der Waals surface area contributed by atoms with Gasteiger partial charge in [0.25, 0.3) is 0 Å². The number of aryl methyl sites for hydroxylation is 1. The Balaban J connectivity index is 2.06. The fourth-order valence-electron chi connectivity index (χ4n) is 1.74. The van der Waals surface area contributed by atoms with Crippen LogP contribution in [0.3, 0.4) is 0 Å². The number of hydrogen-bond donors (Lipinski definition) is 1. The number of nitrogens with zero attached hydrogens (tertiary/aromatic N) is 2. The van der Waals surface area contributed by atoms with Gasteiger partial charge in [-0.1, -0.05) is 18.5 Å². The van der Waals surface area contributed by atoms with E-state index in [1.165, 1.54) is 12.1 Å². The SMILES string of the molecule is CCCn1nccc1CNc1cc(Cl)ccc1F. The van der Waals surface area contributed by atoms with Crippen molar-refractivity contribution >= 4 is 17.3 Å². The zero-order chi connectivity index (χ0) is 13.0. The van der Waals surface area contributed by atoms with Crippen molar-refractivity contribution in [3.8, 4) is 0 Å². The van der Waals surface area contributed by atoms with E-state index in [-0.39, 0.29) is 5.82 Å². The van der Waals surface area contributed by atoms with Gasteiger partial charge in [0.2, 0.25) is 0 Å². The lowest BCUT2D eigenvalue weighted by Crippen LogP contribution is -2.09. The molecule has 0 bridgehead atoms. The van der Waals surface area contributed by atoms with Crippen molar-refractivity contribution < 1.29 is 4.39 Å². The number of aromatic nitrogens is 2. The molecule has 1 N–H and O–H groups in total. The second-order valence-corrected chi connectivity index (χ2v) is 4.46. The Bertz CT molecular complexity index is 525. The van der Waals surface area contributed by atoms with Crippen molar-refractivity contribution in [1.29, 1.82) is 0 Å². The number of hydrogen-bond acceptors (Lipinski definition) is 2. The molecule has 18 heavy (non-hydrogen) atoms. The quantitative estimate of drug-likeness (QED) is 0.895. The zero-order valence-corrected chi connectivity index (χ0v) is 10.9. The molecule has 1 aromatic heterocycles. The molecule has 2 rings (SSSR count). The van der Waals surface area contributed by atoms with Crippen molar-refractivity contribution in [2.45, 2.75) is 26.4 Å². The molecule has 5 heteroatoms. The lowest BCUT2D eigenvalue weighted by Gasteiger charge is -2.09. The van der Waals surface area contributed by atoms with E-state index in [1.807, 2.05) is 10.7 Å². The zero-order valence-electron chi connectivity index (χ0n) is 10.2. The first-order valence-electron chi connectivity index (χ1n) is 5.90. The molecular formula is C13H15ClFN3. The highest BCUT2D eigenvalue weighted by molar-refractivity contribution is 6.30. The lowest BCUT2D eigenvalue weighted by molar-refractivity contribution is 0.577. The van der Waals surface area contributed by atoms with Crippen molar-refractivity contribution in [1.82, 2.24) is 9.78 Å². The smallest absolute Gasteiger partial charge is 0.146 e. The van der Waals surface area contributed by atoms with E-state index >= 15 is 0 Å². The van der Waals surface area contributed by atoms with Crippen LogP contribution in [0.1, 0.15) is 19.0 Å². The number of rotatable bonds is 5. The minimum atomic E-state index is -0.305.